The number of anilines is 2. The van der Waals surface area contributed by atoms with Crippen LogP contribution in [-0.2, 0) is 4.79 Å². The van der Waals surface area contributed by atoms with Crippen LogP contribution in [0.3, 0.4) is 0 Å². The Morgan fingerprint density at radius 3 is 2.56 bits per heavy atom. The van der Waals surface area contributed by atoms with Gasteiger partial charge in [-0.25, -0.2) is 9.97 Å². The van der Waals surface area contributed by atoms with Crippen molar-refractivity contribution in [2.75, 3.05) is 11.1 Å². The zero-order valence-corrected chi connectivity index (χ0v) is 8.47. The molecule has 3 N–H and O–H groups in total. The molecule has 0 saturated heterocycles. The number of para-hydroxylation sites is 2. The summed E-state index contributed by atoms with van der Waals surface area (Å²) in [4.78, 5) is 19.4. The number of nitrogens with two attached hydrogens (primary N) is 1. The third-order valence-electron chi connectivity index (χ3n) is 2.02. The van der Waals surface area contributed by atoms with Crippen LogP contribution < -0.4 is 11.1 Å². The van der Waals surface area contributed by atoms with Gasteiger partial charge in [0.1, 0.15) is 0 Å². The van der Waals surface area contributed by atoms with E-state index in [0.29, 0.717) is 11.0 Å². The summed E-state index contributed by atoms with van der Waals surface area (Å²) >= 11 is 0. The second-order valence-electron chi connectivity index (χ2n) is 3.14. The van der Waals surface area contributed by atoms with Crippen molar-refractivity contribution in [3.05, 3.63) is 36.9 Å². The number of nitrogens with zero attached hydrogens (tertiary/aromatic N) is 2. The molecule has 5 nitrogen and oxygen atoms in total. The van der Waals surface area contributed by atoms with Gasteiger partial charge in [0.25, 0.3) is 0 Å². The van der Waals surface area contributed by atoms with Crippen molar-refractivity contribution in [1.29, 1.82) is 0 Å². The van der Waals surface area contributed by atoms with Gasteiger partial charge >= 0.3 is 0 Å². The van der Waals surface area contributed by atoms with E-state index in [9.17, 15) is 4.79 Å². The van der Waals surface area contributed by atoms with Gasteiger partial charge in [0.2, 0.25) is 5.91 Å². The number of nitrogens with one attached hydrogen (secondary N) is 1. The molecule has 16 heavy (non-hydrogen) atoms. The number of amides is 1. The summed E-state index contributed by atoms with van der Waals surface area (Å²) in [6, 6.07) is 7.29. The van der Waals surface area contributed by atoms with Crippen molar-refractivity contribution in [2.24, 2.45) is 0 Å². The highest BCUT2D eigenvalue weighted by Crippen LogP contribution is 2.17. The van der Waals surface area contributed by atoms with Crippen LogP contribution in [0.4, 0.5) is 11.6 Å². The molecule has 80 valence electrons. The lowest BCUT2D eigenvalue weighted by Crippen LogP contribution is -2.12. The van der Waals surface area contributed by atoms with Gasteiger partial charge < -0.3 is 11.1 Å². The van der Waals surface area contributed by atoms with Gasteiger partial charge in [0, 0.05) is 0 Å². The number of fused-ring (bicyclic) bond motifs is 1. The summed E-state index contributed by atoms with van der Waals surface area (Å²) in [6.45, 7) is 3.35. The van der Waals surface area contributed by atoms with E-state index >= 15 is 0 Å². The Bertz CT molecular complexity index is 565. The average molecular weight is 214 g/mol. The molecule has 1 aromatic carbocycles. The molecule has 2 rings (SSSR count). The first-order valence-corrected chi connectivity index (χ1v) is 4.66. The van der Waals surface area contributed by atoms with Gasteiger partial charge in [-0.3, -0.25) is 4.79 Å². The smallest absolute Gasteiger partial charge is 0.249 e. The normalized spacial score (nSPS) is 10.0. The predicted octanol–water partition coefficient (Wildman–Crippen LogP) is 1.34. The van der Waals surface area contributed by atoms with Crippen molar-refractivity contribution in [3.8, 4) is 0 Å². The van der Waals surface area contributed by atoms with Gasteiger partial charge in [0.05, 0.1) is 11.0 Å². The van der Waals surface area contributed by atoms with Crippen molar-refractivity contribution in [1.82, 2.24) is 9.97 Å². The highest BCUT2D eigenvalue weighted by Gasteiger charge is 2.06. The number of rotatable bonds is 2. The fourth-order valence-corrected chi connectivity index (χ4v) is 1.27. The molecule has 0 aliphatic heterocycles. The minimum Gasteiger partial charge on any atom is -0.381 e. The molecule has 0 aliphatic rings. The number of aromatic nitrogens is 2. The summed E-state index contributed by atoms with van der Waals surface area (Å²) in [6.07, 6.45) is 1.15. The first-order chi connectivity index (χ1) is 7.70. The predicted molar refractivity (Wildman–Crippen MR) is 62.8 cm³/mol. The Hall–Kier alpha value is -2.43. The van der Waals surface area contributed by atoms with Gasteiger partial charge in [-0.1, -0.05) is 18.7 Å². The SMILES string of the molecule is C=CC(=O)Nc1nc2ccccc2nc1N. The number of carbonyl (C=O) groups excluding carboxylic acids is 1. The number of nitrogen functional groups attached to an aromatic ring is 1. The van der Waals surface area contributed by atoms with Gasteiger partial charge in [-0.2, -0.15) is 0 Å². The highest BCUT2D eigenvalue weighted by atomic mass is 16.1. The molecule has 0 aliphatic carbocycles. The Morgan fingerprint density at radius 1 is 1.31 bits per heavy atom. The number of carbonyl (C=O) groups is 1. The summed E-state index contributed by atoms with van der Waals surface area (Å²) in [7, 11) is 0. The minimum absolute atomic E-state index is 0.189. The Labute approximate surface area is 92.0 Å². The molecule has 0 unspecified atom stereocenters. The Kier molecular flexibility index (Phi) is 2.51. The maximum atomic E-state index is 11.1. The molecule has 0 bridgehead atoms. The number of benzene rings is 1. The van der Waals surface area contributed by atoms with Crippen molar-refractivity contribution in [3.63, 3.8) is 0 Å². The lowest BCUT2D eigenvalue weighted by molar-refractivity contribution is -0.111. The van der Waals surface area contributed by atoms with Gasteiger partial charge in [-0.05, 0) is 18.2 Å². The number of hydrogen-bond acceptors (Lipinski definition) is 4. The first-order valence-electron chi connectivity index (χ1n) is 4.66. The lowest BCUT2D eigenvalue weighted by Gasteiger charge is -2.05. The number of hydrogen-bond donors (Lipinski definition) is 2. The van der Waals surface area contributed by atoms with E-state index in [0.717, 1.165) is 6.08 Å². The second-order valence-corrected chi connectivity index (χ2v) is 3.14. The zero-order chi connectivity index (χ0) is 11.5. The Balaban J connectivity index is 2.49. The molecule has 0 fully saturated rings. The Morgan fingerprint density at radius 2 is 1.94 bits per heavy atom. The zero-order valence-electron chi connectivity index (χ0n) is 8.47. The van der Waals surface area contributed by atoms with Crippen LogP contribution in [0.1, 0.15) is 0 Å². The summed E-state index contributed by atoms with van der Waals surface area (Å²) in [5, 5.41) is 2.50. The van der Waals surface area contributed by atoms with Gasteiger partial charge in [0.15, 0.2) is 11.6 Å². The van der Waals surface area contributed by atoms with Crippen LogP contribution in [-0.4, -0.2) is 15.9 Å². The van der Waals surface area contributed by atoms with E-state index in [1.807, 2.05) is 12.1 Å². The topological polar surface area (TPSA) is 80.9 Å². The van der Waals surface area contributed by atoms with E-state index in [4.69, 9.17) is 5.73 Å². The monoisotopic (exact) mass is 214 g/mol. The van der Waals surface area contributed by atoms with Gasteiger partial charge in [-0.15, -0.1) is 0 Å². The standard InChI is InChI=1S/C11H10N4O/c1-2-9(16)15-11-10(12)13-7-5-3-4-6-8(7)14-11/h2-6H,1H2,(H2,12,13)(H,14,15,16). The van der Waals surface area contributed by atoms with Crippen molar-refractivity contribution in [2.45, 2.75) is 0 Å². The quantitative estimate of drug-likeness (QED) is 0.739. The van der Waals surface area contributed by atoms with E-state index in [1.54, 1.807) is 12.1 Å². The molecule has 0 spiro atoms. The second kappa shape index (κ2) is 3.98. The van der Waals surface area contributed by atoms with Crippen molar-refractivity contribution < 1.29 is 4.79 Å². The molecule has 0 radical (unpaired) electrons. The fraction of sp³-hybridized carbons (Fsp3) is 0. The van der Waals surface area contributed by atoms with E-state index in [1.165, 1.54) is 0 Å². The maximum absolute atomic E-state index is 11.1. The largest absolute Gasteiger partial charge is 0.381 e. The fourth-order valence-electron chi connectivity index (χ4n) is 1.27. The van der Waals surface area contributed by atoms with Crippen LogP contribution in [0.2, 0.25) is 0 Å². The molecule has 2 aromatic rings. The first kappa shape index (κ1) is 10.1. The van der Waals surface area contributed by atoms with Crippen molar-refractivity contribution >= 4 is 28.6 Å². The van der Waals surface area contributed by atoms with Crippen LogP contribution in [0, 0.1) is 0 Å². The van der Waals surface area contributed by atoms with Crippen LogP contribution in [0.25, 0.3) is 11.0 Å². The molecule has 1 heterocycles. The average Bonchev–Trinajstić information content (AvgIpc) is 2.30. The van der Waals surface area contributed by atoms with Crippen LogP contribution in [0.15, 0.2) is 36.9 Å². The van der Waals surface area contributed by atoms with E-state index < -0.39 is 0 Å². The molecule has 1 amide bonds. The summed E-state index contributed by atoms with van der Waals surface area (Å²) in [5.74, 6) is 0.0776. The molecule has 5 heteroatoms. The third-order valence-corrected chi connectivity index (χ3v) is 2.02. The molecule has 0 atom stereocenters. The maximum Gasteiger partial charge on any atom is 0.249 e. The van der Waals surface area contributed by atoms with E-state index in [2.05, 4.69) is 21.9 Å². The lowest BCUT2D eigenvalue weighted by atomic mass is 10.3. The highest BCUT2D eigenvalue weighted by molar-refractivity contribution is 6.00. The molecular weight excluding hydrogens is 204 g/mol. The summed E-state index contributed by atoms with van der Waals surface area (Å²) < 4.78 is 0. The molecule has 0 saturated carbocycles. The molecular formula is C11H10N4O. The van der Waals surface area contributed by atoms with Crippen LogP contribution >= 0.6 is 0 Å². The van der Waals surface area contributed by atoms with E-state index in [-0.39, 0.29) is 17.5 Å². The minimum atomic E-state index is -0.365. The van der Waals surface area contributed by atoms with Crippen LogP contribution in [0.5, 0.6) is 0 Å². The third kappa shape index (κ3) is 1.83. The summed E-state index contributed by atoms with van der Waals surface area (Å²) in [5.41, 5.74) is 7.04. The molecule has 1 aromatic heterocycles.